The van der Waals surface area contributed by atoms with Gasteiger partial charge in [-0.25, -0.2) is 4.79 Å². The molecule has 2 rings (SSSR count). The first-order valence-corrected chi connectivity index (χ1v) is 6.25. The molecule has 102 valence electrons. The maximum absolute atomic E-state index is 11.8. The van der Waals surface area contributed by atoms with Crippen LogP contribution in [0.25, 0.3) is 0 Å². The lowest BCUT2D eigenvalue weighted by atomic mass is 10.1. The highest BCUT2D eigenvalue weighted by atomic mass is 16.6. The third-order valence-corrected chi connectivity index (χ3v) is 2.92. The van der Waals surface area contributed by atoms with E-state index in [1.54, 1.807) is 0 Å². The topological polar surface area (TPSA) is 64.6 Å². The summed E-state index contributed by atoms with van der Waals surface area (Å²) >= 11 is 0. The van der Waals surface area contributed by atoms with Gasteiger partial charge in [0.2, 0.25) is 0 Å². The van der Waals surface area contributed by atoms with Crippen LogP contribution in [-0.2, 0) is 25.7 Å². The molecule has 5 heteroatoms. The third-order valence-electron chi connectivity index (χ3n) is 2.92. The summed E-state index contributed by atoms with van der Waals surface area (Å²) in [6.45, 7) is 3.94. The Bertz CT molecular complexity index is 458. The van der Waals surface area contributed by atoms with Crippen molar-refractivity contribution in [1.29, 1.82) is 0 Å². The van der Waals surface area contributed by atoms with Gasteiger partial charge in [0.25, 0.3) is 6.23 Å². The Morgan fingerprint density at radius 2 is 2.05 bits per heavy atom. The lowest BCUT2D eigenvalue weighted by molar-refractivity contribution is -0.163. The lowest BCUT2D eigenvalue weighted by Crippen LogP contribution is -2.40. The number of nitrogens with one attached hydrogen (secondary N) is 1. The molecule has 1 aromatic carbocycles. The summed E-state index contributed by atoms with van der Waals surface area (Å²) in [6, 6.07) is 8.89. The van der Waals surface area contributed by atoms with E-state index in [9.17, 15) is 9.59 Å². The minimum atomic E-state index is -0.997. The fraction of sp³-hybridized carbons (Fsp3) is 0.429. The molecule has 1 aliphatic rings. The molecular weight excluding hydrogens is 246 g/mol. The highest BCUT2D eigenvalue weighted by Crippen LogP contribution is 2.14. The number of carbonyl (C=O) groups excluding carboxylic acids is 2. The number of hydrogen-bond acceptors (Lipinski definition) is 5. The van der Waals surface area contributed by atoms with Gasteiger partial charge in [-0.3, -0.25) is 10.1 Å². The summed E-state index contributed by atoms with van der Waals surface area (Å²) in [6.07, 6.45) is -0.997. The number of esters is 2. The number of ether oxygens (including phenoxy) is 2. The van der Waals surface area contributed by atoms with Crippen LogP contribution in [0.1, 0.15) is 19.4 Å². The first kappa shape index (κ1) is 13.5. The van der Waals surface area contributed by atoms with Gasteiger partial charge in [0.1, 0.15) is 12.6 Å². The van der Waals surface area contributed by atoms with E-state index in [1.807, 2.05) is 44.2 Å². The van der Waals surface area contributed by atoms with Gasteiger partial charge in [-0.05, 0) is 11.5 Å². The van der Waals surface area contributed by atoms with Crippen molar-refractivity contribution < 1.29 is 19.1 Å². The molecule has 1 N–H and O–H groups in total. The van der Waals surface area contributed by atoms with Crippen molar-refractivity contribution in [2.75, 3.05) is 0 Å². The Morgan fingerprint density at radius 3 is 2.63 bits per heavy atom. The van der Waals surface area contributed by atoms with E-state index >= 15 is 0 Å². The Labute approximate surface area is 111 Å². The minimum absolute atomic E-state index is 0.0689. The molecule has 0 bridgehead atoms. The van der Waals surface area contributed by atoms with E-state index in [4.69, 9.17) is 9.47 Å². The zero-order valence-corrected chi connectivity index (χ0v) is 11.0. The number of rotatable bonds is 4. The number of carbonyl (C=O) groups is 2. The van der Waals surface area contributed by atoms with Crippen LogP contribution in [0, 0.1) is 5.92 Å². The Hall–Kier alpha value is -1.88. The summed E-state index contributed by atoms with van der Waals surface area (Å²) in [5, 5.41) is 2.83. The van der Waals surface area contributed by atoms with Crippen LogP contribution in [0.15, 0.2) is 30.3 Å². The van der Waals surface area contributed by atoms with Gasteiger partial charge in [-0.15, -0.1) is 0 Å². The fourth-order valence-corrected chi connectivity index (χ4v) is 1.84. The van der Waals surface area contributed by atoms with Crippen LogP contribution in [-0.4, -0.2) is 24.2 Å². The molecule has 1 aliphatic heterocycles. The van der Waals surface area contributed by atoms with Crippen molar-refractivity contribution in [2.24, 2.45) is 5.92 Å². The molecule has 1 fully saturated rings. The van der Waals surface area contributed by atoms with E-state index < -0.39 is 24.2 Å². The third kappa shape index (κ3) is 3.32. The monoisotopic (exact) mass is 263 g/mol. The second-order valence-corrected chi connectivity index (χ2v) is 4.80. The van der Waals surface area contributed by atoms with Gasteiger partial charge in [0, 0.05) is 0 Å². The predicted molar refractivity (Wildman–Crippen MR) is 67.9 cm³/mol. The molecule has 0 aliphatic carbocycles. The summed E-state index contributed by atoms with van der Waals surface area (Å²) in [5.74, 6) is -0.906. The first-order valence-electron chi connectivity index (χ1n) is 6.25. The van der Waals surface area contributed by atoms with Crippen molar-refractivity contribution in [2.45, 2.75) is 32.7 Å². The molecule has 0 aromatic heterocycles. The zero-order valence-electron chi connectivity index (χ0n) is 11.0. The van der Waals surface area contributed by atoms with Crippen LogP contribution in [0.4, 0.5) is 0 Å². The number of benzene rings is 1. The normalized spacial score (nSPS) is 22.4. The predicted octanol–water partition coefficient (Wildman–Crippen LogP) is 1.23. The van der Waals surface area contributed by atoms with Gasteiger partial charge >= 0.3 is 11.9 Å². The molecule has 0 radical (unpaired) electrons. The largest absolute Gasteiger partial charge is 0.457 e. The zero-order chi connectivity index (χ0) is 13.8. The van der Waals surface area contributed by atoms with Crippen molar-refractivity contribution in [3.63, 3.8) is 0 Å². The standard InChI is InChI=1S/C14H17NO4/c1-9(2)11-13(16)19-12(15-11)14(17)18-8-10-6-4-3-5-7-10/h3-7,9,11-12,15H,8H2,1-2H3. The van der Waals surface area contributed by atoms with Crippen molar-refractivity contribution in [3.05, 3.63) is 35.9 Å². The van der Waals surface area contributed by atoms with E-state index in [-0.39, 0.29) is 12.5 Å². The van der Waals surface area contributed by atoms with E-state index in [0.717, 1.165) is 5.56 Å². The van der Waals surface area contributed by atoms with Crippen LogP contribution < -0.4 is 5.32 Å². The Balaban J connectivity index is 1.86. The molecule has 19 heavy (non-hydrogen) atoms. The van der Waals surface area contributed by atoms with Gasteiger partial charge < -0.3 is 9.47 Å². The van der Waals surface area contributed by atoms with Crippen molar-refractivity contribution in [3.8, 4) is 0 Å². The molecule has 0 spiro atoms. The lowest BCUT2D eigenvalue weighted by Gasteiger charge is -2.11. The molecule has 0 saturated carbocycles. The van der Waals surface area contributed by atoms with Crippen molar-refractivity contribution >= 4 is 11.9 Å². The number of cyclic esters (lactones) is 1. The second kappa shape index (κ2) is 5.84. The molecule has 0 amide bonds. The maximum atomic E-state index is 11.8. The van der Waals surface area contributed by atoms with Crippen molar-refractivity contribution in [1.82, 2.24) is 5.32 Å². The molecule has 1 aromatic rings. The molecule has 1 heterocycles. The van der Waals surface area contributed by atoms with E-state index in [0.29, 0.717) is 0 Å². The highest BCUT2D eigenvalue weighted by Gasteiger charge is 2.40. The second-order valence-electron chi connectivity index (χ2n) is 4.80. The summed E-state index contributed by atoms with van der Waals surface area (Å²) < 4.78 is 10.1. The fourth-order valence-electron chi connectivity index (χ4n) is 1.84. The quantitative estimate of drug-likeness (QED) is 0.828. The SMILES string of the molecule is CC(C)C1NC(C(=O)OCc2ccccc2)OC1=O. The highest BCUT2D eigenvalue weighted by molar-refractivity contribution is 5.85. The van der Waals surface area contributed by atoms with Gasteiger partial charge in [-0.1, -0.05) is 44.2 Å². The molecule has 5 nitrogen and oxygen atoms in total. The van der Waals surface area contributed by atoms with Crippen LogP contribution in [0.3, 0.4) is 0 Å². The van der Waals surface area contributed by atoms with Crippen LogP contribution in [0.5, 0.6) is 0 Å². The summed E-state index contributed by atoms with van der Waals surface area (Å²) in [4.78, 5) is 23.3. The maximum Gasteiger partial charge on any atom is 0.363 e. The van der Waals surface area contributed by atoms with E-state index in [1.165, 1.54) is 0 Å². The summed E-state index contributed by atoms with van der Waals surface area (Å²) in [5.41, 5.74) is 0.889. The molecular formula is C14H17NO4. The Morgan fingerprint density at radius 1 is 1.37 bits per heavy atom. The molecule has 2 atom stereocenters. The van der Waals surface area contributed by atoms with Crippen LogP contribution in [0.2, 0.25) is 0 Å². The average molecular weight is 263 g/mol. The van der Waals surface area contributed by atoms with E-state index in [2.05, 4.69) is 5.32 Å². The molecule has 2 unspecified atom stereocenters. The van der Waals surface area contributed by atoms with Crippen LogP contribution >= 0.6 is 0 Å². The van der Waals surface area contributed by atoms with Gasteiger partial charge in [0.05, 0.1) is 0 Å². The summed E-state index contributed by atoms with van der Waals surface area (Å²) in [7, 11) is 0. The minimum Gasteiger partial charge on any atom is -0.457 e. The Kier molecular flexibility index (Phi) is 4.16. The smallest absolute Gasteiger partial charge is 0.363 e. The van der Waals surface area contributed by atoms with Gasteiger partial charge in [0.15, 0.2) is 0 Å². The number of hydrogen-bond donors (Lipinski definition) is 1. The van der Waals surface area contributed by atoms with Gasteiger partial charge in [-0.2, -0.15) is 0 Å². The average Bonchev–Trinajstić information content (AvgIpc) is 2.79. The molecule has 1 saturated heterocycles. The first-order chi connectivity index (χ1) is 9.08.